The van der Waals surface area contributed by atoms with Crippen molar-refractivity contribution in [2.24, 2.45) is 0 Å². The number of rotatable bonds is 4. The molecule has 4 nitrogen and oxygen atoms in total. The molecule has 2 aliphatic heterocycles. The molecule has 2 aliphatic rings. The van der Waals surface area contributed by atoms with Gasteiger partial charge in [0.1, 0.15) is 5.75 Å². The van der Waals surface area contributed by atoms with E-state index in [0.29, 0.717) is 11.3 Å². The Morgan fingerprint density at radius 3 is 2.15 bits per heavy atom. The highest BCUT2D eigenvalue weighted by Crippen LogP contribution is 2.49. The molecule has 1 N–H and O–H groups in total. The van der Waals surface area contributed by atoms with Gasteiger partial charge in [0.2, 0.25) is 8.32 Å². The van der Waals surface area contributed by atoms with Crippen LogP contribution in [0.15, 0.2) is 36.4 Å². The van der Waals surface area contributed by atoms with Crippen LogP contribution in [-0.2, 0) is 10.3 Å². The van der Waals surface area contributed by atoms with Crippen LogP contribution in [0.3, 0.4) is 0 Å². The van der Waals surface area contributed by atoms with Gasteiger partial charge >= 0.3 is 0 Å². The van der Waals surface area contributed by atoms with Crippen LogP contribution < -0.4 is 9.74 Å². The lowest BCUT2D eigenvalue weighted by Crippen LogP contribution is -2.56. The number of hydrogen-bond donors (Lipinski definition) is 1. The number of fused-ring (bicyclic) bond motifs is 1. The number of hydrogen-bond acceptors (Lipinski definition) is 3. The molecule has 9 heteroatoms. The third-order valence-corrected chi connectivity index (χ3v) is 11.8. The van der Waals surface area contributed by atoms with E-state index < -0.39 is 50.2 Å². The Balaban J connectivity index is 1.80. The molecule has 4 rings (SSSR count). The van der Waals surface area contributed by atoms with Crippen molar-refractivity contribution >= 4 is 19.9 Å². The van der Waals surface area contributed by atoms with Gasteiger partial charge in [-0.1, -0.05) is 39.0 Å². The molecular weight excluding hydrogens is 464 g/mol. The van der Waals surface area contributed by atoms with E-state index in [0.717, 1.165) is 6.07 Å². The Labute approximate surface area is 198 Å². The van der Waals surface area contributed by atoms with Crippen LogP contribution in [0.5, 0.6) is 5.75 Å². The third-order valence-electron chi connectivity index (χ3n) is 7.47. The first kappa shape index (κ1) is 24.7. The molecule has 0 aromatic heterocycles. The molecule has 1 atom stereocenters. The largest absolute Gasteiger partial charge is 0.544 e. The number of nitrogens with zero attached hydrogens (tertiary/aromatic N) is 1. The molecule has 1 saturated heterocycles. The van der Waals surface area contributed by atoms with Crippen LogP contribution in [0.1, 0.15) is 44.7 Å². The summed E-state index contributed by atoms with van der Waals surface area (Å²) in [7, 11) is -2.11. The van der Waals surface area contributed by atoms with Crippen molar-refractivity contribution in [1.29, 1.82) is 0 Å². The fourth-order valence-corrected chi connectivity index (χ4v) is 5.50. The lowest BCUT2D eigenvalue weighted by molar-refractivity contribution is -0.130. The number of amides is 1. The van der Waals surface area contributed by atoms with E-state index in [1.54, 1.807) is 29.2 Å². The molecule has 0 saturated carbocycles. The van der Waals surface area contributed by atoms with Gasteiger partial charge in [-0.2, -0.15) is 0 Å². The van der Waals surface area contributed by atoms with Crippen LogP contribution in [0.4, 0.5) is 23.2 Å². The van der Waals surface area contributed by atoms with E-state index in [1.165, 1.54) is 6.07 Å². The van der Waals surface area contributed by atoms with E-state index in [2.05, 4.69) is 39.2 Å². The van der Waals surface area contributed by atoms with Crippen molar-refractivity contribution in [2.75, 3.05) is 18.4 Å². The minimum Gasteiger partial charge on any atom is -0.544 e. The molecule has 2 aromatic rings. The summed E-state index contributed by atoms with van der Waals surface area (Å²) in [5, 5.41) is 2.46. The van der Waals surface area contributed by atoms with Gasteiger partial charge < -0.3 is 9.74 Å². The molecule has 0 radical (unpaired) electrons. The summed E-state index contributed by atoms with van der Waals surface area (Å²) in [6, 6.07) is 9.26. The van der Waals surface area contributed by atoms with Crippen LogP contribution in [0, 0.1) is 11.6 Å². The van der Waals surface area contributed by atoms with E-state index in [4.69, 9.17) is 4.43 Å². The SMILES string of the molecule is CC(C)(C)[Si](C)(C)Oc1ccc(C2(N3CCC(F)(F)CC3)C(=O)Nc3c2ccc(F)c3F)cc1. The van der Waals surface area contributed by atoms with Crippen molar-refractivity contribution in [3.63, 3.8) is 0 Å². The number of anilines is 1. The summed E-state index contributed by atoms with van der Waals surface area (Å²) >= 11 is 0. The van der Waals surface area contributed by atoms with E-state index in [9.17, 15) is 22.4 Å². The summed E-state index contributed by atoms with van der Waals surface area (Å²) in [6.45, 7) is 10.5. The van der Waals surface area contributed by atoms with E-state index in [1.807, 2.05) is 0 Å². The zero-order chi connectivity index (χ0) is 25.1. The summed E-state index contributed by atoms with van der Waals surface area (Å²) in [5.74, 6) is -5.02. The van der Waals surface area contributed by atoms with Crippen molar-refractivity contribution in [1.82, 2.24) is 4.90 Å². The van der Waals surface area contributed by atoms with Gasteiger partial charge in [0.15, 0.2) is 17.2 Å². The lowest BCUT2D eigenvalue weighted by Gasteiger charge is -2.44. The number of carbonyl (C=O) groups excluding carboxylic acids is 1. The molecule has 1 unspecified atom stereocenters. The Hall–Kier alpha value is -2.39. The first-order chi connectivity index (χ1) is 15.7. The molecule has 2 aromatic carbocycles. The maximum absolute atomic E-state index is 14.6. The fraction of sp³-hybridized carbons (Fsp3) is 0.480. The van der Waals surface area contributed by atoms with Crippen molar-refractivity contribution in [3.8, 4) is 5.75 Å². The minimum absolute atomic E-state index is 0.0161. The van der Waals surface area contributed by atoms with Crippen LogP contribution >= 0.6 is 0 Å². The fourth-order valence-electron chi connectivity index (χ4n) is 4.46. The summed E-state index contributed by atoms with van der Waals surface area (Å²) in [4.78, 5) is 15.1. The molecule has 34 heavy (non-hydrogen) atoms. The van der Waals surface area contributed by atoms with Crippen LogP contribution in [0.25, 0.3) is 0 Å². The topological polar surface area (TPSA) is 41.6 Å². The summed E-state index contributed by atoms with van der Waals surface area (Å²) in [5.41, 5.74) is -1.08. The average Bonchev–Trinajstić information content (AvgIpc) is 3.04. The predicted octanol–water partition coefficient (Wildman–Crippen LogP) is 6.28. The number of nitrogens with one attached hydrogen (secondary N) is 1. The van der Waals surface area contributed by atoms with Crippen molar-refractivity contribution in [3.05, 3.63) is 59.2 Å². The number of carbonyl (C=O) groups is 1. The Morgan fingerprint density at radius 2 is 1.59 bits per heavy atom. The zero-order valence-electron chi connectivity index (χ0n) is 20.1. The van der Waals surface area contributed by atoms with Crippen LogP contribution in [-0.4, -0.2) is 38.1 Å². The number of benzene rings is 2. The predicted molar refractivity (Wildman–Crippen MR) is 126 cm³/mol. The Morgan fingerprint density at radius 1 is 1.00 bits per heavy atom. The van der Waals surface area contributed by atoms with Crippen LogP contribution in [0.2, 0.25) is 18.1 Å². The second-order valence-electron chi connectivity index (χ2n) is 10.7. The number of piperidine rings is 1. The molecule has 184 valence electrons. The zero-order valence-corrected chi connectivity index (χ0v) is 21.1. The smallest absolute Gasteiger partial charge is 0.254 e. The quantitative estimate of drug-likeness (QED) is 0.402. The monoisotopic (exact) mass is 494 g/mol. The normalized spacial score (nSPS) is 22.9. The van der Waals surface area contributed by atoms with Gasteiger partial charge in [-0.25, -0.2) is 17.6 Å². The first-order valence-corrected chi connectivity index (χ1v) is 14.3. The number of halogens is 4. The first-order valence-electron chi connectivity index (χ1n) is 11.4. The third kappa shape index (κ3) is 3.92. The average molecular weight is 495 g/mol. The van der Waals surface area contributed by atoms with Crippen molar-refractivity contribution < 1.29 is 26.8 Å². The minimum atomic E-state index is -2.83. The Bertz CT molecular complexity index is 1110. The molecule has 0 aliphatic carbocycles. The Kier molecular flexibility index (Phi) is 5.88. The second-order valence-corrected chi connectivity index (χ2v) is 15.4. The number of alkyl halides is 2. The van der Waals surface area contributed by atoms with Gasteiger partial charge in [-0.05, 0) is 41.9 Å². The molecule has 2 heterocycles. The molecule has 0 bridgehead atoms. The molecule has 1 amide bonds. The maximum Gasteiger partial charge on any atom is 0.254 e. The summed E-state index contributed by atoms with van der Waals surface area (Å²) < 4.78 is 62.9. The lowest BCUT2D eigenvalue weighted by atomic mass is 9.80. The number of likely N-dealkylation sites (tertiary alicyclic amines) is 1. The highest BCUT2D eigenvalue weighted by molar-refractivity contribution is 6.74. The van der Waals surface area contributed by atoms with Gasteiger partial charge in [0.05, 0.1) is 5.69 Å². The van der Waals surface area contributed by atoms with Gasteiger partial charge in [0, 0.05) is 31.5 Å². The molecule has 0 spiro atoms. The highest BCUT2D eigenvalue weighted by atomic mass is 28.4. The standard InChI is InChI=1S/C25H30F4N2O2Si/c1-23(2,3)34(4,5)33-17-8-6-16(7-9-17)25(31-14-12-24(28,29)13-15-31)18-10-11-19(26)20(27)21(18)30-22(25)32/h6-11H,12-15H2,1-5H3,(H,30,32). The molecular formula is C25H30F4N2O2Si. The maximum atomic E-state index is 14.6. The van der Waals surface area contributed by atoms with Gasteiger partial charge in [-0.15, -0.1) is 0 Å². The van der Waals surface area contributed by atoms with E-state index >= 15 is 0 Å². The summed E-state index contributed by atoms with van der Waals surface area (Å²) in [6.07, 6.45) is -0.846. The van der Waals surface area contributed by atoms with E-state index in [-0.39, 0.29) is 29.4 Å². The van der Waals surface area contributed by atoms with Crippen molar-refractivity contribution in [2.45, 2.75) is 63.2 Å². The van der Waals surface area contributed by atoms with Gasteiger partial charge in [-0.3, -0.25) is 9.69 Å². The highest BCUT2D eigenvalue weighted by Gasteiger charge is 2.55. The molecule has 1 fully saturated rings. The van der Waals surface area contributed by atoms with Gasteiger partial charge in [0.25, 0.3) is 11.8 Å². The second kappa shape index (κ2) is 8.08.